The molecule has 2 aromatic carbocycles. The number of fused-ring (bicyclic) bond motifs is 5. The van der Waals surface area contributed by atoms with Crippen molar-refractivity contribution in [3.63, 3.8) is 0 Å². The lowest BCUT2D eigenvalue weighted by Gasteiger charge is -2.62. The first-order valence-electron chi connectivity index (χ1n) is 18.1. The van der Waals surface area contributed by atoms with Crippen LogP contribution < -0.4 is 5.32 Å². The molecular weight excluding hydrogens is 612 g/mol. The molecule has 3 amide bonds. The number of amides is 3. The molecule has 0 aromatic heterocycles. The predicted molar refractivity (Wildman–Crippen MR) is 183 cm³/mol. The number of carbonyl (C=O) groups excluding carboxylic acids is 3. The Balaban J connectivity index is 0.910. The second-order valence-corrected chi connectivity index (χ2v) is 16.6. The van der Waals surface area contributed by atoms with Crippen molar-refractivity contribution < 1.29 is 24.6 Å². The minimum atomic E-state index is -0.324. The number of hydrogen-bond donors (Lipinski definition) is 3. The van der Waals surface area contributed by atoms with Crippen molar-refractivity contribution in [2.24, 2.45) is 46.3 Å². The number of carbonyl (C=O) groups is 3. The van der Waals surface area contributed by atoms with E-state index in [2.05, 4.69) is 26.1 Å². The Kier molecular flexibility index (Phi) is 8.75. The SMILES string of the molecule is CC(CCC(=O)NCCCN1C(=O)c2cccc3c(Cl)ccc(c23)C1=O)C1CCC2C3CCC4CC(O)CCC4(C)C3CC(O)C12C. The van der Waals surface area contributed by atoms with Crippen molar-refractivity contribution in [2.75, 3.05) is 13.1 Å². The molecule has 4 fully saturated rings. The lowest BCUT2D eigenvalue weighted by atomic mass is 9.43. The third kappa shape index (κ3) is 5.34. The highest BCUT2D eigenvalue weighted by atomic mass is 35.5. The number of rotatable bonds is 8. The summed E-state index contributed by atoms with van der Waals surface area (Å²) in [6, 6.07) is 8.72. The molecule has 0 bridgehead atoms. The molecule has 254 valence electrons. The Bertz CT molecular complexity index is 1560. The van der Waals surface area contributed by atoms with Gasteiger partial charge in [-0.15, -0.1) is 0 Å². The number of nitrogens with one attached hydrogen (secondary N) is 1. The van der Waals surface area contributed by atoms with Crippen LogP contribution in [0.4, 0.5) is 0 Å². The minimum Gasteiger partial charge on any atom is -0.393 e. The van der Waals surface area contributed by atoms with Gasteiger partial charge in [-0.2, -0.15) is 0 Å². The summed E-state index contributed by atoms with van der Waals surface area (Å²) in [7, 11) is 0. The van der Waals surface area contributed by atoms with Crippen molar-refractivity contribution in [3.8, 4) is 0 Å². The lowest BCUT2D eigenvalue weighted by Crippen LogP contribution is -2.58. The molecule has 4 aliphatic carbocycles. The Morgan fingerprint density at radius 2 is 1.77 bits per heavy atom. The fourth-order valence-electron chi connectivity index (χ4n) is 11.6. The van der Waals surface area contributed by atoms with Gasteiger partial charge in [-0.1, -0.05) is 44.5 Å². The number of imide groups is 1. The average molecular weight is 663 g/mol. The first-order chi connectivity index (χ1) is 22.4. The Morgan fingerprint density at radius 3 is 2.55 bits per heavy atom. The lowest BCUT2D eigenvalue weighted by molar-refractivity contribution is -0.174. The van der Waals surface area contributed by atoms with Gasteiger partial charge in [0.15, 0.2) is 0 Å². The summed E-state index contributed by atoms with van der Waals surface area (Å²) in [5.41, 5.74) is 1.08. The number of hydrogen-bond acceptors (Lipinski definition) is 5. The monoisotopic (exact) mass is 662 g/mol. The average Bonchev–Trinajstić information content (AvgIpc) is 3.42. The Hall–Kier alpha value is -2.48. The number of aliphatic hydroxyl groups excluding tert-OH is 2. The van der Waals surface area contributed by atoms with Crippen LogP contribution in [0.2, 0.25) is 5.02 Å². The first kappa shape index (κ1) is 33.0. The van der Waals surface area contributed by atoms with E-state index in [1.807, 2.05) is 6.07 Å². The van der Waals surface area contributed by atoms with Crippen LogP contribution in [-0.2, 0) is 4.79 Å². The summed E-state index contributed by atoms with van der Waals surface area (Å²) in [5, 5.41) is 27.1. The van der Waals surface area contributed by atoms with Crippen LogP contribution in [0, 0.1) is 46.3 Å². The van der Waals surface area contributed by atoms with E-state index in [1.165, 1.54) is 24.2 Å². The van der Waals surface area contributed by atoms with Crippen LogP contribution in [-0.4, -0.2) is 58.1 Å². The molecule has 10 unspecified atom stereocenters. The number of halogens is 1. The second kappa shape index (κ2) is 12.4. The summed E-state index contributed by atoms with van der Waals surface area (Å²) < 4.78 is 0. The summed E-state index contributed by atoms with van der Waals surface area (Å²) in [6.07, 6.45) is 9.69. The van der Waals surface area contributed by atoms with Crippen molar-refractivity contribution in [2.45, 2.75) is 104 Å². The van der Waals surface area contributed by atoms with Crippen LogP contribution in [0.15, 0.2) is 30.3 Å². The number of nitrogens with zero attached hydrogens (tertiary/aromatic N) is 1. The maximum atomic E-state index is 13.2. The molecule has 1 aliphatic heterocycles. The molecular formula is C39H51ClN2O5. The fraction of sp³-hybridized carbons (Fsp3) is 0.667. The normalized spacial score (nSPS) is 36.9. The van der Waals surface area contributed by atoms with Gasteiger partial charge in [-0.05, 0) is 129 Å². The molecule has 1 heterocycles. The van der Waals surface area contributed by atoms with E-state index < -0.39 is 0 Å². The highest BCUT2D eigenvalue weighted by molar-refractivity contribution is 6.38. The van der Waals surface area contributed by atoms with Gasteiger partial charge in [0.2, 0.25) is 5.91 Å². The van der Waals surface area contributed by atoms with Crippen LogP contribution in [0.3, 0.4) is 0 Å². The molecule has 47 heavy (non-hydrogen) atoms. The van der Waals surface area contributed by atoms with Gasteiger partial charge < -0.3 is 15.5 Å². The highest BCUT2D eigenvalue weighted by Gasteiger charge is 2.63. The quantitative estimate of drug-likeness (QED) is 0.208. The van der Waals surface area contributed by atoms with Gasteiger partial charge in [0.1, 0.15) is 0 Å². The molecule has 3 N–H and O–H groups in total. The zero-order valence-electron chi connectivity index (χ0n) is 28.1. The molecule has 0 saturated heterocycles. The first-order valence-corrected chi connectivity index (χ1v) is 18.5. The molecule has 10 atom stereocenters. The van der Waals surface area contributed by atoms with Crippen molar-refractivity contribution >= 4 is 40.1 Å². The Labute approximate surface area is 283 Å². The van der Waals surface area contributed by atoms with E-state index in [4.69, 9.17) is 11.6 Å². The molecule has 0 radical (unpaired) electrons. The van der Waals surface area contributed by atoms with Crippen LogP contribution in [0.1, 0.15) is 112 Å². The standard InChI is InChI=1S/C39H51ClN2O5/c1-22(29-12-13-30-25-10-9-23-20-24(43)16-17-38(23,2)31(25)21-33(44)39(29,30)3)8-15-34(45)41-18-5-19-42-36(46)27-7-4-6-26-32(40)14-11-28(35(26)27)37(42)47/h4,6-7,11,14,22-25,29-31,33,43-44H,5,8-10,12-13,15-21H2,1-3H3,(H,41,45). The van der Waals surface area contributed by atoms with Gasteiger partial charge in [-0.25, -0.2) is 0 Å². The van der Waals surface area contributed by atoms with E-state index >= 15 is 0 Å². The largest absolute Gasteiger partial charge is 0.393 e. The third-order valence-electron chi connectivity index (χ3n) is 14.1. The zero-order valence-corrected chi connectivity index (χ0v) is 28.9. The van der Waals surface area contributed by atoms with Crippen LogP contribution in [0.25, 0.3) is 10.8 Å². The summed E-state index contributed by atoms with van der Waals surface area (Å²) in [6.45, 7) is 7.70. The van der Waals surface area contributed by atoms with E-state index in [0.717, 1.165) is 38.5 Å². The topological polar surface area (TPSA) is 107 Å². The summed E-state index contributed by atoms with van der Waals surface area (Å²) >= 11 is 6.33. The van der Waals surface area contributed by atoms with E-state index in [9.17, 15) is 24.6 Å². The zero-order chi connectivity index (χ0) is 33.2. The highest BCUT2D eigenvalue weighted by Crippen LogP contribution is 2.68. The number of aliphatic hydroxyl groups is 2. The molecule has 2 aromatic rings. The minimum absolute atomic E-state index is 0.00686. The smallest absolute Gasteiger partial charge is 0.261 e. The van der Waals surface area contributed by atoms with Gasteiger partial charge in [-0.3, -0.25) is 19.3 Å². The second-order valence-electron chi connectivity index (χ2n) is 16.2. The van der Waals surface area contributed by atoms with Gasteiger partial charge in [0.25, 0.3) is 11.8 Å². The van der Waals surface area contributed by atoms with Crippen molar-refractivity contribution in [1.29, 1.82) is 0 Å². The predicted octanol–water partition coefficient (Wildman–Crippen LogP) is 7.00. The summed E-state index contributed by atoms with van der Waals surface area (Å²) in [4.78, 5) is 40.7. The molecule has 7 nitrogen and oxygen atoms in total. The van der Waals surface area contributed by atoms with Gasteiger partial charge in [0.05, 0.1) is 12.2 Å². The van der Waals surface area contributed by atoms with Crippen LogP contribution >= 0.6 is 11.6 Å². The van der Waals surface area contributed by atoms with Crippen molar-refractivity contribution in [1.82, 2.24) is 10.2 Å². The van der Waals surface area contributed by atoms with E-state index in [1.54, 1.807) is 24.3 Å². The van der Waals surface area contributed by atoms with Crippen molar-refractivity contribution in [3.05, 3.63) is 46.5 Å². The van der Waals surface area contributed by atoms with E-state index in [-0.39, 0.29) is 47.3 Å². The maximum absolute atomic E-state index is 13.2. The molecule has 5 aliphatic rings. The van der Waals surface area contributed by atoms with E-state index in [0.29, 0.717) is 81.8 Å². The van der Waals surface area contributed by atoms with Gasteiger partial charge in [0, 0.05) is 46.4 Å². The molecule has 4 saturated carbocycles. The molecule has 8 heteroatoms. The number of benzene rings is 2. The molecule has 0 spiro atoms. The van der Waals surface area contributed by atoms with Gasteiger partial charge >= 0.3 is 0 Å². The Morgan fingerprint density at radius 1 is 1.00 bits per heavy atom. The summed E-state index contributed by atoms with van der Waals surface area (Å²) in [5.74, 6) is 2.37. The fourth-order valence-corrected chi connectivity index (χ4v) is 11.8. The van der Waals surface area contributed by atoms with Crippen LogP contribution in [0.5, 0.6) is 0 Å². The maximum Gasteiger partial charge on any atom is 0.261 e. The third-order valence-corrected chi connectivity index (χ3v) is 14.5. The molecule has 7 rings (SSSR count).